The van der Waals surface area contributed by atoms with Crippen LogP contribution in [0.15, 0.2) is 24.3 Å². The van der Waals surface area contributed by atoms with Crippen LogP contribution in [0.5, 0.6) is 5.75 Å². The molecule has 0 unspecified atom stereocenters. The molecule has 92 valence electrons. The van der Waals surface area contributed by atoms with Crippen LogP contribution in [-0.2, 0) is 9.53 Å². The summed E-state index contributed by atoms with van der Waals surface area (Å²) in [7, 11) is 1.36. The van der Waals surface area contributed by atoms with Crippen LogP contribution in [0.2, 0.25) is 0 Å². The van der Waals surface area contributed by atoms with Crippen LogP contribution in [0.25, 0.3) is 0 Å². The van der Waals surface area contributed by atoms with Crippen molar-refractivity contribution >= 4 is 11.8 Å². The van der Waals surface area contributed by atoms with Gasteiger partial charge in [-0.3, -0.25) is 9.59 Å². The molecular formula is C13H16O4. The van der Waals surface area contributed by atoms with Crippen molar-refractivity contribution in [3.05, 3.63) is 29.8 Å². The predicted molar refractivity (Wildman–Crippen MR) is 63.2 cm³/mol. The number of carbonyl (C=O) groups excluding carboxylic acids is 2. The van der Waals surface area contributed by atoms with Gasteiger partial charge in [-0.15, -0.1) is 0 Å². The molecular weight excluding hydrogens is 220 g/mol. The fourth-order valence-electron chi connectivity index (χ4n) is 1.29. The number of ketones is 1. The maximum Gasteiger partial charge on any atom is 0.305 e. The molecule has 0 radical (unpaired) electrons. The zero-order valence-electron chi connectivity index (χ0n) is 10.1. The van der Waals surface area contributed by atoms with Crippen molar-refractivity contribution in [3.8, 4) is 5.75 Å². The van der Waals surface area contributed by atoms with Crippen LogP contribution >= 0.6 is 0 Å². The van der Waals surface area contributed by atoms with Crippen LogP contribution in [0, 0.1) is 0 Å². The van der Waals surface area contributed by atoms with Crippen molar-refractivity contribution in [2.45, 2.75) is 19.8 Å². The zero-order chi connectivity index (χ0) is 12.7. The average molecular weight is 236 g/mol. The third-order valence-electron chi connectivity index (χ3n) is 2.28. The second-order valence-electron chi connectivity index (χ2n) is 3.61. The summed E-state index contributed by atoms with van der Waals surface area (Å²) in [4.78, 5) is 21.9. The smallest absolute Gasteiger partial charge is 0.305 e. The van der Waals surface area contributed by atoms with Gasteiger partial charge in [0.05, 0.1) is 13.7 Å². The molecule has 0 aliphatic rings. The molecule has 0 N–H and O–H groups in total. The number of methoxy groups -OCH3 is 1. The summed E-state index contributed by atoms with van der Waals surface area (Å²) in [6.07, 6.45) is 0.961. The number of esters is 1. The molecule has 0 atom stereocenters. The SMILES string of the molecule is COC(=O)CCCOc1ccc(C(C)=O)cc1. The molecule has 17 heavy (non-hydrogen) atoms. The zero-order valence-corrected chi connectivity index (χ0v) is 10.1. The fourth-order valence-corrected chi connectivity index (χ4v) is 1.29. The molecule has 1 rings (SSSR count). The maximum atomic E-state index is 11.0. The number of hydrogen-bond acceptors (Lipinski definition) is 4. The van der Waals surface area contributed by atoms with E-state index >= 15 is 0 Å². The highest BCUT2D eigenvalue weighted by Crippen LogP contribution is 2.13. The van der Waals surface area contributed by atoms with Crippen LogP contribution in [-0.4, -0.2) is 25.5 Å². The lowest BCUT2D eigenvalue weighted by atomic mass is 10.1. The summed E-state index contributed by atoms with van der Waals surface area (Å²) in [5.41, 5.74) is 0.659. The Labute approximate surface area is 101 Å². The largest absolute Gasteiger partial charge is 0.494 e. The Bertz CT molecular complexity index is 381. The Hall–Kier alpha value is -1.84. The van der Waals surface area contributed by atoms with Gasteiger partial charge in [0.25, 0.3) is 0 Å². The molecule has 1 aromatic rings. The highest BCUT2D eigenvalue weighted by molar-refractivity contribution is 5.94. The third kappa shape index (κ3) is 4.68. The number of benzene rings is 1. The Balaban J connectivity index is 2.32. The Morgan fingerprint density at radius 2 is 1.82 bits per heavy atom. The van der Waals surface area contributed by atoms with Crippen molar-refractivity contribution in [1.29, 1.82) is 0 Å². The minimum Gasteiger partial charge on any atom is -0.494 e. The number of Topliss-reactive ketones (excluding diaryl/α,β-unsaturated/α-hetero) is 1. The lowest BCUT2D eigenvalue weighted by molar-refractivity contribution is -0.140. The molecule has 0 fully saturated rings. The van der Waals surface area contributed by atoms with Gasteiger partial charge in [-0.2, -0.15) is 0 Å². The van der Waals surface area contributed by atoms with Crippen molar-refractivity contribution < 1.29 is 19.1 Å². The van der Waals surface area contributed by atoms with Gasteiger partial charge in [-0.05, 0) is 37.6 Å². The van der Waals surface area contributed by atoms with Crippen molar-refractivity contribution in [2.24, 2.45) is 0 Å². The molecule has 0 aliphatic carbocycles. The van der Waals surface area contributed by atoms with Gasteiger partial charge in [0.1, 0.15) is 5.75 Å². The molecule has 0 spiro atoms. The molecule has 0 amide bonds. The van der Waals surface area contributed by atoms with E-state index in [0.29, 0.717) is 30.8 Å². The third-order valence-corrected chi connectivity index (χ3v) is 2.28. The summed E-state index contributed by atoms with van der Waals surface area (Å²) >= 11 is 0. The van der Waals surface area contributed by atoms with E-state index < -0.39 is 0 Å². The average Bonchev–Trinajstić information content (AvgIpc) is 2.34. The highest BCUT2D eigenvalue weighted by atomic mass is 16.5. The van der Waals surface area contributed by atoms with E-state index in [-0.39, 0.29) is 11.8 Å². The van der Waals surface area contributed by atoms with Crippen molar-refractivity contribution in [1.82, 2.24) is 0 Å². The summed E-state index contributed by atoms with van der Waals surface area (Å²) in [5, 5.41) is 0. The van der Waals surface area contributed by atoms with Gasteiger partial charge in [-0.1, -0.05) is 0 Å². The topological polar surface area (TPSA) is 52.6 Å². The van der Waals surface area contributed by atoms with Crippen LogP contribution in [0.4, 0.5) is 0 Å². The number of rotatable bonds is 6. The molecule has 0 aliphatic heterocycles. The van der Waals surface area contributed by atoms with E-state index in [1.54, 1.807) is 24.3 Å². The fraction of sp³-hybridized carbons (Fsp3) is 0.385. The first kappa shape index (κ1) is 13.2. The number of carbonyl (C=O) groups is 2. The maximum absolute atomic E-state index is 11.0. The minimum atomic E-state index is -0.236. The molecule has 0 heterocycles. The molecule has 4 nitrogen and oxygen atoms in total. The van der Waals surface area contributed by atoms with Crippen molar-refractivity contribution in [2.75, 3.05) is 13.7 Å². The summed E-state index contributed by atoms with van der Waals surface area (Å²) < 4.78 is 9.93. The standard InChI is InChI=1S/C13H16O4/c1-10(14)11-5-7-12(8-6-11)17-9-3-4-13(15)16-2/h5-8H,3-4,9H2,1-2H3. The first-order valence-corrected chi connectivity index (χ1v) is 5.44. The number of hydrogen-bond donors (Lipinski definition) is 0. The molecule has 0 aromatic heterocycles. The van der Waals surface area contributed by atoms with Gasteiger partial charge in [0.15, 0.2) is 5.78 Å². The van der Waals surface area contributed by atoms with E-state index in [4.69, 9.17) is 4.74 Å². The summed E-state index contributed by atoms with van der Waals surface area (Å²) in [5.74, 6) is 0.489. The van der Waals surface area contributed by atoms with Gasteiger partial charge >= 0.3 is 5.97 Å². The van der Waals surface area contributed by atoms with E-state index in [2.05, 4.69) is 4.74 Å². The molecule has 1 aromatic carbocycles. The van der Waals surface area contributed by atoms with Crippen LogP contribution < -0.4 is 4.74 Å². The van der Waals surface area contributed by atoms with Gasteiger partial charge in [0, 0.05) is 12.0 Å². The lowest BCUT2D eigenvalue weighted by Gasteiger charge is -2.05. The van der Waals surface area contributed by atoms with Crippen LogP contribution in [0.1, 0.15) is 30.1 Å². The Kier molecular flexibility index (Phi) is 5.20. The summed E-state index contributed by atoms with van der Waals surface area (Å²) in [6, 6.07) is 6.93. The molecule has 4 heteroatoms. The molecule has 0 saturated carbocycles. The summed E-state index contributed by atoms with van der Waals surface area (Å²) in [6.45, 7) is 1.97. The van der Waals surface area contributed by atoms with Gasteiger partial charge in [-0.25, -0.2) is 0 Å². The van der Waals surface area contributed by atoms with E-state index in [1.807, 2.05) is 0 Å². The molecule has 0 saturated heterocycles. The normalized spacial score (nSPS) is 9.76. The number of ether oxygens (including phenoxy) is 2. The first-order chi connectivity index (χ1) is 8.13. The second kappa shape index (κ2) is 6.68. The Morgan fingerprint density at radius 1 is 1.18 bits per heavy atom. The predicted octanol–water partition coefficient (Wildman–Crippen LogP) is 2.22. The lowest BCUT2D eigenvalue weighted by Crippen LogP contribution is -2.04. The van der Waals surface area contributed by atoms with E-state index in [1.165, 1.54) is 14.0 Å². The van der Waals surface area contributed by atoms with E-state index in [0.717, 1.165) is 0 Å². The first-order valence-electron chi connectivity index (χ1n) is 5.44. The van der Waals surface area contributed by atoms with Crippen molar-refractivity contribution in [3.63, 3.8) is 0 Å². The Morgan fingerprint density at radius 3 is 2.35 bits per heavy atom. The van der Waals surface area contributed by atoms with Crippen LogP contribution in [0.3, 0.4) is 0 Å². The monoisotopic (exact) mass is 236 g/mol. The highest BCUT2D eigenvalue weighted by Gasteiger charge is 2.01. The minimum absolute atomic E-state index is 0.0299. The van der Waals surface area contributed by atoms with E-state index in [9.17, 15) is 9.59 Å². The quantitative estimate of drug-likeness (QED) is 0.431. The van der Waals surface area contributed by atoms with Gasteiger partial charge < -0.3 is 9.47 Å². The molecule has 0 bridgehead atoms. The second-order valence-corrected chi connectivity index (χ2v) is 3.61. The van der Waals surface area contributed by atoms with Gasteiger partial charge in [0.2, 0.25) is 0 Å².